The van der Waals surface area contributed by atoms with Gasteiger partial charge in [0.15, 0.2) is 6.79 Å². The van der Waals surface area contributed by atoms with Gasteiger partial charge in [-0.2, -0.15) is 5.26 Å². The molecule has 0 unspecified atom stereocenters. The van der Waals surface area contributed by atoms with Crippen LogP contribution in [0.5, 0.6) is 5.75 Å². The molecule has 0 amide bonds. The maximum absolute atomic E-state index is 13.8. The maximum atomic E-state index is 13.8. The van der Waals surface area contributed by atoms with Gasteiger partial charge in [0.1, 0.15) is 22.7 Å². The van der Waals surface area contributed by atoms with E-state index < -0.39 is 0 Å². The minimum atomic E-state index is -0.317. The van der Waals surface area contributed by atoms with Crippen LogP contribution in [0.25, 0.3) is 0 Å². The molecule has 23 heavy (non-hydrogen) atoms. The molecule has 1 aliphatic rings. The Morgan fingerprint density at radius 2 is 2.17 bits per heavy atom. The lowest BCUT2D eigenvalue weighted by atomic mass is 10.1. The molecule has 2 aromatic rings. The zero-order valence-corrected chi connectivity index (χ0v) is 13.7. The predicted molar refractivity (Wildman–Crippen MR) is 84.7 cm³/mol. The summed E-state index contributed by atoms with van der Waals surface area (Å²) >= 11 is 1.41. The van der Waals surface area contributed by atoms with Gasteiger partial charge in [-0.15, -0.1) is 11.8 Å². The SMILES string of the molecule is Cc1cc(C)c(C#N)c(SCc2cc(F)cc3c2OCOC3)n1. The lowest BCUT2D eigenvalue weighted by molar-refractivity contribution is -0.0171. The Labute approximate surface area is 138 Å². The largest absolute Gasteiger partial charge is 0.467 e. The Balaban J connectivity index is 1.90. The topological polar surface area (TPSA) is 55.1 Å². The van der Waals surface area contributed by atoms with E-state index in [1.54, 1.807) is 0 Å². The monoisotopic (exact) mass is 330 g/mol. The van der Waals surface area contributed by atoms with Crippen molar-refractivity contribution in [3.63, 3.8) is 0 Å². The van der Waals surface area contributed by atoms with Crippen LogP contribution >= 0.6 is 11.8 Å². The first-order valence-electron chi connectivity index (χ1n) is 7.11. The van der Waals surface area contributed by atoms with Crippen LogP contribution in [-0.2, 0) is 17.1 Å². The summed E-state index contributed by atoms with van der Waals surface area (Å²) in [4.78, 5) is 4.44. The van der Waals surface area contributed by atoms with Gasteiger partial charge >= 0.3 is 0 Å². The molecule has 0 N–H and O–H groups in total. The van der Waals surface area contributed by atoms with Crippen molar-refractivity contribution in [3.8, 4) is 11.8 Å². The normalized spacial score (nSPS) is 13.1. The summed E-state index contributed by atoms with van der Waals surface area (Å²) in [6.07, 6.45) is 0. The smallest absolute Gasteiger partial charge is 0.189 e. The number of nitrogens with zero attached hydrogens (tertiary/aromatic N) is 2. The van der Waals surface area contributed by atoms with Crippen LogP contribution < -0.4 is 4.74 Å². The molecular weight excluding hydrogens is 315 g/mol. The van der Waals surface area contributed by atoms with Crippen molar-refractivity contribution < 1.29 is 13.9 Å². The van der Waals surface area contributed by atoms with Gasteiger partial charge in [0.2, 0.25) is 0 Å². The minimum Gasteiger partial charge on any atom is -0.467 e. The Morgan fingerprint density at radius 1 is 1.35 bits per heavy atom. The van der Waals surface area contributed by atoms with Gasteiger partial charge in [-0.1, -0.05) is 0 Å². The number of thioether (sulfide) groups is 1. The molecule has 0 radical (unpaired) electrons. The quantitative estimate of drug-likeness (QED) is 0.800. The zero-order chi connectivity index (χ0) is 16.4. The van der Waals surface area contributed by atoms with Crippen LogP contribution in [0.3, 0.4) is 0 Å². The summed E-state index contributed by atoms with van der Waals surface area (Å²) in [6, 6.07) is 6.97. The van der Waals surface area contributed by atoms with E-state index in [1.165, 1.54) is 23.9 Å². The van der Waals surface area contributed by atoms with E-state index in [0.29, 0.717) is 34.3 Å². The van der Waals surface area contributed by atoms with Crippen molar-refractivity contribution in [1.82, 2.24) is 4.98 Å². The van der Waals surface area contributed by atoms with E-state index >= 15 is 0 Å². The van der Waals surface area contributed by atoms with Gasteiger partial charge < -0.3 is 9.47 Å². The van der Waals surface area contributed by atoms with E-state index in [-0.39, 0.29) is 12.6 Å². The highest BCUT2D eigenvalue weighted by Crippen LogP contribution is 2.34. The zero-order valence-electron chi connectivity index (χ0n) is 12.9. The van der Waals surface area contributed by atoms with Crippen molar-refractivity contribution in [2.45, 2.75) is 31.2 Å². The predicted octanol–water partition coefficient (Wildman–Crippen LogP) is 3.87. The van der Waals surface area contributed by atoms with Crippen LogP contribution in [0.2, 0.25) is 0 Å². The summed E-state index contributed by atoms with van der Waals surface area (Å²) in [5.74, 6) is 0.834. The Morgan fingerprint density at radius 3 is 2.96 bits per heavy atom. The summed E-state index contributed by atoms with van der Waals surface area (Å²) < 4.78 is 24.5. The summed E-state index contributed by atoms with van der Waals surface area (Å²) in [6.45, 7) is 4.29. The molecule has 4 nitrogen and oxygen atoms in total. The summed E-state index contributed by atoms with van der Waals surface area (Å²) in [5, 5.41) is 9.98. The molecule has 0 aliphatic carbocycles. The highest BCUT2D eigenvalue weighted by atomic mass is 32.2. The van der Waals surface area contributed by atoms with Gasteiger partial charge in [-0.3, -0.25) is 0 Å². The first-order chi connectivity index (χ1) is 11.1. The van der Waals surface area contributed by atoms with Crippen molar-refractivity contribution in [2.75, 3.05) is 6.79 Å². The van der Waals surface area contributed by atoms with Crippen molar-refractivity contribution in [3.05, 3.63) is 52.0 Å². The molecule has 0 atom stereocenters. The van der Waals surface area contributed by atoms with E-state index in [4.69, 9.17) is 9.47 Å². The second-order valence-electron chi connectivity index (χ2n) is 5.32. The molecule has 1 aliphatic heterocycles. The fourth-order valence-corrected chi connectivity index (χ4v) is 3.62. The first-order valence-corrected chi connectivity index (χ1v) is 8.10. The minimum absolute atomic E-state index is 0.168. The Bertz CT molecular complexity index is 802. The molecule has 0 fully saturated rings. The van der Waals surface area contributed by atoms with E-state index in [9.17, 15) is 9.65 Å². The number of rotatable bonds is 3. The average Bonchev–Trinajstić information content (AvgIpc) is 2.52. The van der Waals surface area contributed by atoms with Gasteiger partial charge in [-0.05, 0) is 37.6 Å². The second-order valence-corrected chi connectivity index (χ2v) is 6.29. The third-order valence-electron chi connectivity index (χ3n) is 3.54. The fraction of sp³-hybridized carbons (Fsp3) is 0.294. The van der Waals surface area contributed by atoms with Crippen molar-refractivity contribution in [2.24, 2.45) is 0 Å². The molecule has 0 saturated carbocycles. The number of nitriles is 1. The molecule has 2 heterocycles. The molecule has 0 spiro atoms. The lowest BCUT2D eigenvalue weighted by Crippen LogP contribution is -2.13. The van der Waals surface area contributed by atoms with Crippen LogP contribution in [0, 0.1) is 31.0 Å². The maximum Gasteiger partial charge on any atom is 0.189 e. The van der Waals surface area contributed by atoms with E-state index in [1.807, 2.05) is 19.9 Å². The third-order valence-corrected chi connectivity index (χ3v) is 4.56. The standard InChI is InChI=1S/C17H15FN2O2S/c1-10-3-11(2)20-17(15(10)6-19)23-8-13-5-14(18)4-12-7-21-9-22-16(12)13/h3-5H,7-9H2,1-2H3. The van der Waals surface area contributed by atoms with Crippen LogP contribution in [0.1, 0.15) is 27.9 Å². The van der Waals surface area contributed by atoms with Crippen LogP contribution in [-0.4, -0.2) is 11.8 Å². The molecule has 6 heteroatoms. The fourth-order valence-electron chi connectivity index (χ4n) is 2.55. The number of pyridine rings is 1. The van der Waals surface area contributed by atoms with Gasteiger partial charge in [0.05, 0.1) is 12.2 Å². The van der Waals surface area contributed by atoms with Gasteiger partial charge in [-0.25, -0.2) is 9.37 Å². The average molecular weight is 330 g/mol. The number of hydrogen-bond donors (Lipinski definition) is 0. The number of hydrogen-bond acceptors (Lipinski definition) is 5. The number of ether oxygens (including phenoxy) is 2. The number of halogens is 1. The number of aryl methyl sites for hydroxylation is 2. The van der Waals surface area contributed by atoms with Gasteiger partial charge in [0.25, 0.3) is 0 Å². The number of aromatic nitrogens is 1. The summed E-state index contributed by atoms with van der Waals surface area (Å²) in [5.41, 5.74) is 3.78. The number of fused-ring (bicyclic) bond motifs is 1. The highest BCUT2D eigenvalue weighted by molar-refractivity contribution is 7.98. The van der Waals surface area contributed by atoms with Crippen LogP contribution in [0.4, 0.5) is 4.39 Å². The van der Waals surface area contributed by atoms with Crippen molar-refractivity contribution in [1.29, 1.82) is 5.26 Å². The molecule has 0 saturated heterocycles. The summed E-state index contributed by atoms with van der Waals surface area (Å²) in [7, 11) is 0. The molecular formula is C17H15FN2O2S. The highest BCUT2D eigenvalue weighted by Gasteiger charge is 2.18. The lowest BCUT2D eigenvalue weighted by Gasteiger charge is -2.20. The first kappa shape index (κ1) is 15.8. The number of benzene rings is 1. The second kappa shape index (κ2) is 6.57. The Kier molecular flexibility index (Phi) is 4.51. The van der Waals surface area contributed by atoms with Gasteiger partial charge in [0, 0.05) is 22.6 Å². The third kappa shape index (κ3) is 3.31. The molecule has 1 aromatic carbocycles. The van der Waals surface area contributed by atoms with E-state index in [2.05, 4.69) is 11.1 Å². The molecule has 118 valence electrons. The Hall–Kier alpha value is -2.10. The van der Waals surface area contributed by atoms with Crippen LogP contribution in [0.15, 0.2) is 23.2 Å². The molecule has 3 rings (SSSR count). The van der Waals surface area contributed by atoms with E-state index in [0.717, 1.165) is 16.8 Å². The van der Waals surface area contributed by atoms with Crippen molar-refractivity contribution >= 4 is 11.8 Å². The molecule has 0 bridgehead atoms. The molecule has 1 aromatic heterocycles.